The Morgan fingerprint density at radius 1 is 0.821 bits per heavy atom. The van der Waals surface area contributed by atoms with Gasteiger partial charge in [0.25, 0.3) is 0 Å². The summed E-state index contributed by atoms with van der Waals surface area (Å²) in [5.74, 6) is -2.54. The second-order valence-corrected chi connectivity index (χ2v) is 13.5. The molecule has 0 aromatic carbocycles. The van der Waals surface area contributed by atoms with Crippen molar-refractivity contribution in [3.05, 3.63) is 12.1 Å². The molecule has 2 amide bonds. The molecule has 1 heterocycles. The third-order valence-electron chi connectivity index (χ3n) is 6.08. The van der Waals surface area contributed by atoms with Crippen LogP contribution in [-0.2, 0) is 14.3 Å². The lowest BCUT2D eigenvalue weighted by molar-refractivity contribution is -0.147. The van der Waals surface area contributed by atoms with E-state index in [1.807, 2.05) is 27.7 Å². The molecule has 224 valence electrons. The highest BCUT2D eigenvalue weighted by molar-refractivity contribution is 5.71. The molecule has 0 spiro atoms. The fourth-order valence-electron chi connectivity index (χ4n) is 4.78. The van der Waals surface area contributed by atoms with E-state index < -0.39 is 46.9 Å². The van der Waals surface area contributed by atoms with Gasteiger partial charge in [0.05, 0.1) is 19.6 Å². The predicted molar refractivity (Wildman–Crippen MR) is 147 cm³/mol. The van der Waals surface area contributed by atoms with E-state index in [1.54, 1.807) is 0 Å². The molecule has 11 nitrogen and oxygen atoms in total. The van der Waals surface area contributed by atoms with Crippen molar-refractivity contribution in [3.8, 4) is 11.8 Å². The fraction of sp³-hybridized carbons (Fsp3) is 0.750. The molecule has 0 aliphatic carbocycles. The summed E-state index contributed by atoms with van der Waals surface area (Å²) in [5.41, 5.74) is -1.09. The van der Waals surface area contributed by atoms with Crippen molar-refractivity contribution in [3.63, 3.8) is 0 Å². The van der Waals surface area contributed by atoms with Crippen molar-refractivity contribution >= 4 is 18.2 Å². The minimum absolute atomic E-state index is 0.0145. The summed E-state index contributed by atoms with van der Waals surface area (Å²) in [6.07, 6.45) is 0.699. The molecule has 39 heavy (non-hydrogen) atoms. The number of nitrogens with zero attached hydrogens (tertiary/aromatic N) is 1. The first-order valence-electron chi connectivity index (χ1n) is 13.3. The molecule has 0 aliphatic heterocycles. The van der Waals surface area contributed by atoms with Crippen LogP contribution in [0.5, 0.6) is 11.8 Å². The van der Waals surface area contributed by atoms with Gasteiger partial charge in [0.2, 0.25) is 11.8 Å². The number of nitrogens with one attached hydrogen (secondary N) is 2. The third-order valence-corrected chi connectivity index (χ3v) is 6.08. The van der Waals surface area contributed by atoms with E-state index in [0.29, 0.717) is 11.2 Å². The SMILES string of the molecule is CCC(C)(C)CC(C)(C)NC(=O)OCC(COC(=O)NC(C)(C)CC(C)(C)C)CC(=O)On1c(O)ccc1O. The largest absolute Gasteiger partial charge is 0.492 e. The maximum atomic E-state index is 12.6. The minimum Gasteiger partial charge on any atom is -0.492 e. The summed E-state index contributed by atoms with van der Waals surface area (Å²) in [6, 6.07) is 2.31. The van der Waals surface area contributed by atoms with Gasteiger partial charge in [0.15, 0.2) is 0 Å². The Morgan fingerprint density at radius 3 is 1.67 bits per heavy atom. The molecule has 0 radical (unpaired) electrons. The zero-order valence-corrected chi connectivity index (χ0v) is 25.3. The third kappa shape index (κ3) is 13.5. The van der Waals surface area contributed by atoms with Gasteiger partial charge < -0.3 is 35.2 Å². The van der Waals surface area contributed by atoms with Gasteiger partial charge in [-0.2, -0.15) is 0 Å². The molecule has 11 heteroatoms. The van der Waals surface area contributed by atoms with Gasteiger partial charge in [-0.1, -0.05) is 48.0 Å². The monoisotopic (exact) mass is 555 g/mol. The van der Waals surface area contributed by atoms with Gasteiger partial charge in [0, 0.05) is 29.1 Å². The number of carbonyl (C=O) groups excluding carboxylic acids is 3. The topological polar surface area (TPSA) is 148 Å². The van der Waals surface area contributed by atoms with Crippen LogP contribution in [0.2, 0.25) is 0 Å². The van der Waals surface area contributed by atoms with Crippen LogP contribution in [-0.4, -0.2) is 57.4 Å². The Morgan fingerprint density at radius 2 is 1.26 bits per heavy atom. The molecule has 4 N–H and O–H groups in total. The molecule has 0 saturated heterocycles. The van der Waals surface area contributed by atoms with Crippen LogP contribution in [0.25, 0.3) is 0 Å². The quantitative estimate of drug-likeness (QED) is 0.262. The first kappa shape index (κ1) is 33.9. The maximum absolute atomic E-state index is 12.6. The number of alkyl carbamates (subject to hydrolysis) is 2. The van der Waals surface area contributed by atoms with Crippen LogP contribution < -0.4 is 15.5 Å². The average Bonchev–Trinajstić information content (AvgIpc) is 3.04. The Bertz CT molecular complexity index is 956. The smallest absolute Gasteiger partial charge is 0.407 e. The van der Waals surface area contributed by atoms with E-state index in [0.717, 1.165) is 25.0 Å². The van der Waals surface area contributed by atoms with Crippen LogP contribution in [0.3, 0.4) is 0 Å². The van der Waals surface area contributed by atoms with Crippen molar-refractivity contribution in [2.45, 2.75) is 106 Å². The number of carbonyl (C=O) groups is 3. The van der Waals surface area contributed by atoms with Gasteiger partial charge in [-0.3, -0.25) is 0 Å². The summed E-state index contributed by atoms with van der Waals surface area (Å²) < 4.78 is 11.3. The second kappa shape index (κ2) is 13.3. The number of aromatic hydroxyl groups is 2. The molecule has 0 fully saturated rings. The summed E-state index contributed by atoms with van der Waals surface area (Å²) in [4.78, 5) is 42.7. The maximum Gasteiger partial charge on any atom is 0.407 e. The molecule has 0 aliphatic rings. The molecule has 1 unspecified atom stereocenters. The average molecular weight is 556 g/mol. The van der Waals surface area contributed by atoms with Gasteiger partial charge >= 0.3 is 18.2 Å². The molecular weight excluding hydrogens is 506 g/mol. The zero-order chi connectivity index (χ0) is 30.2. The minimum atomic E-state index is -0.840. The van der Waals surface area contributed by atoms with Crippen molar-refractivity contribution in [2.75, 3.05) is 13.2 Å². The van der Waals surface area contributed by atoms with Crippen molar-refractivity contribution in [1.29, 1.82) is 0 Å². The second-order valence-electron chi connectivity index (χ2n) is 13.5. The number of hydrogen-bond donors (Lipinski definition) is 4. The molecule has 1 rings (SSSR count). The lowest BCUT2D eigenvalue weighted by atomic mass is 9.78. The van der Waals surface area contributed by atoms with Crippen molar-refractivity contribution < 1.29 is 38.9 Å². The summed E-state index contributed by atoms with van der Waals surface area (Å²) in [7, 11) is 0. The van der Waals surface area contributed by atoms with Crippen molar-refractivity contribution in [2.24, 2.45) is 16.7 Å². The van der Waals surface area contributed by atoms with Crippen LogP contribution >= 0.6 is 0 Å². The molecular formula is C28H49N3O8. The van der Waals surface area contributed by atoms with Crippen LogP contribution in [0.1, 0.15) is 94.9 Å². The molecule has 0 bridgehead atoms. The molecule has 0 saturated carbocycles. The van der Waals surface area contributed by atoms with E-state index in [2.05, 4.69) is 52.2 Å². The van der Waals surface area contributed by atoms with Crippen molar-refractivity contribution in [1.82, 2.24) is 15.4 Å². The number of hydrogen-bond acceptors (Lipinski definition) is 8. The standard InChI is InChI=1S/C28H49N3O8/c1-11-26(5,6)18-28(9,10)30-24(36)38-16-19(14-22(34)39-31-20(32)12-13-21(31)33)15-37-23(35)29-27(7,8)17-25(2,3)4/h12-13,19,32-33H,11,14-18H2,1-10H3,(H,29,35)(H,30,36). The number of ether oxygens (including phenoxy) is 2. The summed E-state index contributed by atoms with van der Waals surface area (Å²) in [6.45, 7) is 19.6. The number of aromatic nitrogens is 1. The Balaban J connectivity index is 2.85. The van der Waals surface area contributed by atoms with Gasteiger partial charge in [-0.25, -0.2) is 14.4 Å². The molecule has 1 aromatic heterocycles. The molecule has 1 aromatic rings. The Labute approximate surface area is 232 Å². The fourth-order valence-corrected chi connectivity index (χ4v) is 4.78. The van der Waals surface area contributed by atoms with E-state index in [1.165, 1.54) is 0 Å². The highest BCUT2D eigenvalue weighted by atomic mass is 16.7. The van der Waals surface area contributed by atoms with E-state index in [-0.39, 0.29) is 30.5 Å². The first-order chi connectivity index (χ1) is 17.6. The van der Waals surface area contributed by atoms with Gasteiger partial charge in [-0.15, -0.1) is 4.73 Å². The Hall–Kier alpha value is -3.11. The van der Waals surface area contributed by atoms with E-state index in [9.17, 15) is 24.6 Å². The van der Waals surface area contributed by atoms with Crippen LogP contribution in [0.15, 0.2) is 12.1 Å². The van der Waals surface area contributed by atoms with E-state index in [4.69, 9.17) is 14.3 Å². The number of rotatable bonds is 13. The lowest BCUT2D eigenvalue weighted by Gasteiger charge is -2.34. The van der Waals surface area contributed by atoms with Crippen LogP contribution in [0, 0.1) is 16.7 Å². The van der Waals surface area contributed by atoms with Crippen LogP contribution in [0.4, 0.5) is 9.59 Å². The predicted octanol–water partition coefficient (Wildman–Crippen LogP) is 5.13. The highest BCUT2D eigenvalue weighted by Gasteiger charge is 2.31. The number of amides is 2. The highest BCUT2D eigenvalue weighted by Crippen LogP contribution is 2.31. The summed E-state index contributed by atoms with van der Waals surface area (Å²) in [5, 5.41) is 25.1. The Kier molecular flexibility index (Phi) is 11.6. The van der Waals surface area contributed by atoms with E-state index >= 15 is 0 Å². The zero-order valence-electron chi connectivity index (χ0n) is 25.3. The van der Waals surface area contributed by atoms with Gasteiger partial charge in [-0.05, 0) is 51.4 Å². The molecule has 1 atom stereocenters. The normalized spacial score (nSPS) is 13.4. The summed E-state index contributed by atoms with van der Waals surface area (Å²) >= 11 is 0. The lowest BCUT2D eigenvalue weighted by Crippen LogP contribution is -2.47. The first-order valence-corrected chi connectivity index (χ1v) is 13.3. The van der Waals surface area contributed by atoms with Gasteiger partial charge in [0.1, 0.15) is 0 Å².